The molecule has 0 saturated carbocycles. The molecular formula is C17H22INO. The zero-order chi connectivity index (χ0) is 13.0. The molecule has 2 aromatic carbocycles. The lowest BCUT2D eigenvalue weighted by atomic mass is 9.94. The summed E-state index contributed by atoms with van der Waals surface area (Å²) in [4.78, 5) is 0. The number of benzene rings is 2. The number of hydrogen-bond donors (Lipinski definition) is 2. The number of phenols is 1. The highest BCUT2D eigenvalue weighted by Gasteiger charge is 2.08. The summed E-state index contributed by atoms with van der Waals surface area (Å²) in [6.07, 6.45) is 3.57. The third-order valence-electron chi connectivity index (χ3n) is 3.25. The van der Waals surface area contributed by atoms with Gasteiger partial charge in [-0.2, -0.15) is 0 Å². The molecule has 2 nitrogen and oxygen atoms in total. The van der Waals surface area contributed by atoms with E-state index >= 15 is 0 Å². The van der Waals surface area contributed by atoms with E-state index in [0.717, 1.165) is 18.4 Å². The van der Waals surface area contributed by atoms with E-state index in [-0.39, 0.29) is 30.1 Å². The number of halogens is 1. The van der Waals surface area contributed by atoms with Gasteiger partial charge in [0.1, 0.15) is 5.75 Å². The molecule has 2 rings (SSSR count). The molecule has 0 spiro atoms. The fourth-order valence-corrected chi connectivity index (χ4v) is 2.21. The Morgan fingerprint density at radius 1 is 1.10 bits per heavy atom. The first-order chi connectivity index (χ1) is 8.72. The van der Waals surface area contributed by atoms with Crippen molar-refractivity contribution in [1.82, 2.24) is 6.15 Å². The van der Waals surface area contributed by atoms with Crippen LogP contribution in [0.3, 0.4) is 0 Å². The Balaban J connectivity index is 0.00000180. The number of phenolic OH excluding ortho intramolecular Hbond substituents is 1. The molecule has 0 heterocycles. The minimum atomic E-state index is 0. The summed E-state index contributed by atoms with van der Waals surface area (Å²) >= 11 is 0. The predicted octanol–water partition coefficient (Wildman–Crippen LogP) is 1.40. The van der Waals surface area contributed by atoms with Crippen LogP contribution in [-0.2, 0) is 12.8 Å². The molecule has 2 aromatic rings. The van der Waals surface area contributed by atoms with Crippen molar-refractivity contribution in [3.05, 3.63) is 77.4 Å². The van der Waals surface area contributed by atoms with Crippen LogP contribution >= 0.6 is 0 Å². The van der Waals surface area contributed by atoms with Gasteiger partial charge in [-0.3, -0.25) is 0 Å². The van der Waals surface area contributed by atoms with Gasteiger partial charge in [-0.05, 0) is 48.1 Å². The average Bonchev–Trinajstić information content (AvgIpc) is 2.39. The Bertz CT molecular complexity index is 552. The zero-order valence-electron chi connectivity index (χ0n) is 12.1. The van der Waals surface area contributed by atoms with Crippen molar-refractivity contribution in [2.45, 2.75) is 19.8 Å². The summed E-state index contributed by atoms with van der Waals surface area (Å²) in [7, 11) is 0. The van der Waals surface area contributed by atoms with Gasteiger partial charge in [-0.15, -0.1) is 6.58 Å². The van der Waals surface area contributed by atoms with Crippen LogP contribution in [-0.4, -0.2) is 5.11 Å². The third-order valence-corrected chi connectivity index (χ3v) is 3.25. The number of allylic oxidation sites excluding steroid dienone is 1. The first kappa shape index (κ1) is 18.7. The monoisotopic (exact) mass is 383 g/mol. The van der Waals surface area contributed by atoms with Crippen molar-refractivity contribution < 1.29 is 29.1 Å². The topological polar surface area (TPSA) is 56.7 Å². The molecule has 0 amide bonds. The van der Waals surface area contributed by atoms with Crippen LogP contribution in [0, 0.1) is 6.92 Å². The lowest BCUT2D eigenvalue weighted by Crippen LogP contribution is -3.00. The second kappa shape index (κ2) is 8.76. The predicted molar refractivity (Wildman–Crippen MR) is 82.0 cm³/mol. The van der Waals surface area contributed by atoms with Gasteiger partial charge in [-0.1, -0.05) is 42.5 Å². The molecule has 0 aliphatic heterocycles. The Kier molecular flexibility index (Phi) is 8.18. The molecule has 0 fully saturated rings. The number of quaternary nitrogens is 1. The molecule has 5 N–H and O–H groups in total. The van der Waals surface area contributed by atoms with Gasteiger partial charge in [0.2, 0.25) is 0 Å². The van der Waals surface area contributed by atoms with Gasteiger partial charge < -0.3 is 35.2 Å². The van der Waals surface area contributed by atoms with Crippen molar-refractivity contribution in [3.63, 3.8) is 0 Å². The maximum atomic E-state index is 9.78. The summed E-state index contributed by atoms with van der Waals surface area (Å²) in [5.74, 6) is 0.365. The van der Waals surface area contributed by atoms with Crippen molar-refractivity contribution in [2.75, 3.05) is 0 Å². The molecule has 0 saturated heterocycles. The number of rotatable bonds is 4. The van der Waals surface area contributed by atoms with Crippen molar-refractivity contribution in [3.8, 4) is 5.75 Å². The van der Waals surface area contributed by atoms with Crippen LogP contribution < -0.4 is 30.1 Å². The second-order valence-electron chi connectivity index (χ2n) is 4.50. The third kappa shape index (κ3) is 4.35. The molecule has 0 unspecified atom stereocenters. The van der Waals surface area contributed by atoms with Crippen LogP contribution in [0.25, 0.3) is 0 Å². The molecule has 3 heteroatoms. The van der Waals surface area contributed by atoms with Crippen molar-refractivity contribution in [2.24, 2.45) is 0 Å². The maximum Gasteiger partial charge on any atom is 0.118 e. The first-order valence-electron chi connectivity index (χ1n) is 6.17. The van der Waals surface area contributed by atoms with E-state index < -0.39 is 0 Å². The van der Waals surface area contributed by atoms with E-state index in [1.807, 2.05) is 25.1 Å². The summed E-state index contributed by atoms with van der Waals surface area (Å²) in [5.41, 5.74) is 4.70. The van der Waals surface area contributed by atoms with Crippen molar-refractivity contribution in [1.29, 1.82) is 0 Å². The van der Waals surface area contributed by atoms with Gasteiger partial charge in [-0.25, -0.2) is 0 Å². The lowest BCUT2D eigenvalue weighted by molar-refractivity contribution is -0.00000515. The Morgan fingerprint density at radius 3 is 2.35 bits per heavy atom. The van der Waals surface area contributed by atoms with E-state index in [1.165, 1.54) is 16.7 Å². The van der Waals surface area contributed by atoms with E-state index in [4.69, 9.17) is 0 Å². The second-order valence-corrected chi connectivity index (χ2v) is 4.50. The lowest BCUT2D eigenvalue weighted by Gasteiger charge is -2.12. The van der Waals surface area contributed by atoms with Crippen LogP contribution in [0.1, 0.15) is 22.3 Å². The molecule has 0 radical (unpaired) electrons. The fourth-order valence-electron chi connectivity index (χ4n) is 2.21. The molecule has 20 heavy (non-hydrogen) atoms. The fraction of sp³-hybridized carbons (Fsp3) is 0.176. The summed E-state index contributed by atoms with van der Waals surface area (Å²) < 4.78 is 0. The normalized spacial score (nSPS) is 9.25. The molecule has 0 aliphatic rings. The molecule has 0 aromatic heterocycles. The highest BCUT2D eigenvalue weighted by atomic mass is 127. The maximum absolute atomic E-state index is 9.78. The van der Waals surface area contributed by atoms with Gasteiger partial charge >= 0.3 is 0 Å². The first-order valence-corrected chi connectivity index (χ1v) is 6.17. The molecular weight excluding hydrogens is 361 g/mol. The molecule has 0 atom stereocenters. The van der Waals surface area contributed by atoms with Crippen molar-refractivity contribution >= 4 is 0 Å². The van der Waals surface area contributed by atoms with Crippen LogP contribution in [0.5, 0.6) is 5.75 Å². The van der Waals surface area contributed by atoms with E-state index in [1.54, 1.807) is 6.07 Å². The summed E-state index contributed by atoms with van der Waals surface area (Å²) in [6.45, 7) is 5.75. The van der Waals surface area contributed by atoms with Crippen LogP contribution in [0.4, 0.5) is 0 Å². The van der Waals surface area contributed by atoms with Gasteiger partial charge in [0.15, 0.2) is 0 Å². The molecule has 0 bridgehead atoms. The van der Waals surface area contributed by atoms with E-state index in [9.17, 15) is 5.11 Å². The SMILES string of the molecule is C=CCc1c(Cc2ccccc2)ccc(O)c1C.[I-].[NH4+]. The minimum Gasteiger partial charge on any atom is -1.00 e. The number of aromatic hydroxyl groups is 1. The zero-order valence-corrected chi connectivity index (χ0v) is 14.2. The number of hydrogen-bond acceptors (Lipinski definition) is 1. The van der Waals surface area contributed by atoms with Gasteiger partial charge in [0, 0.05) is 0 Å². The Morgan fingerprint density at radius 2 is 1.75 bits per heavy atom. The van der Waals surface area contributed by atoms with Gasteiger partial charge in [0.25, 0.3) is 0 Å². The van der Waals surface area contributed by atoms with Crippen LogP contribution in [0.15, 0.2) is 55.1 Å². The minimum absolute atomic E-state index is 0. The molecule has 0 aliphatic carbocycles. The quantitative estimate of drug-likeness (QED) is 0.609. The largest absolute Gasteiger partial charge is 1.00 e. The smallest absolute Gasteiger partial charge is 0.118 e. The standard InChI is InChI=1S/C17H18O.HI.H3N/c1-3-7-16-13(2)17(18)11-10-15(16)12-14-8-5-4-6-9-14;;/h3-6,8-11,18H,1,7,12H2,2H3;1H;1H3. The van der Waals surface area contributed by atoms with E-state index in [2.05, 4.69) is 30.8 Å². The van der Waals surface area contributed by atoms with Crippen LogP contribution in [0.2, 0.25) is 0 Å². The Labute approximate surface area is 138 Å². The Hall–Kier alpha value is -1.33. The molecule has 108 valence electrons. The van der Waals surface area contributed by atoms with E-state index in [0.29, 0.717) is 5.75 Å². The average molecular weight is 383 g/mol. The highest BCUT2D eigenvalue weighted by Crippen LogP contribution is 2.26. The summed E-state index contributed by atoms with van der Waals surface area (Å²) in [5, 5.41) is 9.78. The van der Waals surface area contributed by atoms with Gasteiger partial charge in [0.05, 0.1) is 0 Å². The summed E-state index contributed by atoms with van der Waals surface area (Å²) in [6, 6.07) is 14.2. The highest BCUT2D eigenvalue weighted by molar-refractivity contribution is 5.46.